The number of carbonyl (C=O) groups is 1. The van der Waals surface area contributed by atoms with Crippen molar-refractivity contribution in [3.63, 3.8) is 0 Å². The van der Waals surface area contributed by atoms with Crippen LogP contribution in [0.15, 0.2) is 110 Å². The molecule has 0 fully saturated rings. The summed E-state index contributed by atoms with van der Waals surface area (Å²) in [6.45, 7) is 7.66. The van der Waals surface area contributed by atoms with E-state index in [1.807, 2.05) is 36.4 Å². The molecule has 0 saturated heterocycles. The van der Waals surface area contributed by atoms with Crippen molar-refractivity contribution in [2.24, 2.45) is 0 Å². The molecule has 5 aromatic rings. The van der Waals surface area contributed by atoms with Crippen LogP contribution < -0.4 is 20.7 Å². The molecule has 10 heteroatoms. The van der Waals surface area contributed by atoms with Gasteiger partial charge in [-0.25, -0.2) is 4.79 Å². The van der Waals surface area contributed by atoms with Gasteiger partial charge >= 0.3 is 5.97 Å². The Morgan fingerprint density at radius 1 is 0.667 bits per heavy atom. The second-order valence-electron chi connectivity index (χ2n) is 10.4. The Kier molecular flexibility index (Phi) is 8.78. The first kappa shape index (κ1) is 30.0. The first-order valence-corrected chi connectivity index (χ1v) is 13.9. The number of ether oxygens (including phenoxy) is 1. The van der Waals surface area contributed by atoms with E-state index in [2.05, 4.69) is 63.5 Å². The van der Waals surface area contributed by atoms with E-state index in [0.29, 0.717) is 34.2 Å². The lowest BCUT2D eigenvalue weighted by molar-refractivity contribution is -0.128. The SMILES string of the molecule is C=CC(=O)Oc1ccc(C(C)(C)c2ccc(Nc3nc(Nc4ccc(C#N)cc4)nc(Nc4ccc(C#N)cc4)n3)cc2)cc1. The van der Waals surface area contributed by atoms with Gasteiger partial charge in [-0.15, -0.1) is 0 Å². The van der Waals surface area contributed by atoms with Gasteiger partial charge in [0.25, 0.3) is 0 Å². The van der Waals surface area contributed by atoms with Crippen molar-refractivity contribution in [1.29, 1.82) is 10.5 Å². The number of benzene rings is 4. The fourth-order valence-corrected chi connectivity index (χ4v) is 4.42. The van der Waals surface area contributed by atoms with Gasteiger partial charge in [0, 0.05) is 28.6 Å². The topological polar surface area (TPSA) is 149 Å². The maximum Gasteiger partial charge on any atom is 0.335 e. The van der Waals surface area contributed by atoms with Crippen molar-refractivity contribution in [1.82, 2.24) is 15.0 Å². The van der Waals surface area contributed by atoms with E-state index in [4.69, 9.17) is 15.3 Å². The molecule has 5 rings (SSSR count). The normalized spacial score (nSPS) is 10.6. The predicted octanol–water partition coefficient (Wildman–Crippen LogP) is 7.26. The van der Waals surface area contributed by atoms with Crippen molar-refractivity contribution in [3.05, 3.63) is 132 Å². The molecular formula is C35H28N8O2. The molecule has 0 aliphatic rings. The number of nitrogens with zero attached hydrogens (tertiary/aromatic N) is 5. The lowest BCUT2D eigenvalue weighted by atomic mass is 9.78. The van der Waals surface area contributed by atoms with Gasteiger partial charge in [-0.3, -0.25) is 0 Å². The largest absolute Gasteiger partial charge is 0.423 e. The van der Waals surface area contributed by atoms with Gasteiger partial charge in [0.05, 0.1) is 23.3 Å². The summed E-state index contributed by atoms with van der Waals surface area (Å²) in [5.41, 5.74) is 5.05. The van der Waals surface area contributed by atoms with E-state index in [1.165, 1.54) is 0 Å². The maximum absolute atomic E-state index is 11.5. The van der Waals surface area contributed by atoms with Gasteiger partial charge in [0.1, 0.15) is 5.75 Å². The molecule has 1 aromatic heterocycles. The van der Waals surface area contributed by atoms with Crippen molar-refractivity contribution >= 4 is 40.9 Å². The Morgan fingerprint density at radius 2 is 1.02 bits per heavy atom. The fourth-order valence-electron chi connectivity index (χ4n) is 4.42. The average molecular weight is 593 g/mol. The second kappa shape index (κ2) is 13.2. The van der Waals surface area contributed by atoms with Gasteiger partial charge < -0.3 is 20.7 Å². The van der Waals surface area contributed by atoms with Gasteiger partial charge in [0.2, 0.25) is 17.8 Å². The zero-order valence-electron chi connectivity index (χ0n) is 24.6. The third kappa shape index (κ3) is 7.47. The van der Waals surface area contributed by atoms with Crippen molar-refractivity contribution in [2.45, 2.75) is 19.3 Å². The molecule has 0 aliphatic carbocycles. The van der Waals surface area contributed by atoms with Crippen LogP contribution in [0.2, 0.25) is 0 Å². The number of anilines is 6. The number of esters is 1. The zero-order chi connectivity index (χ0) is 31.8. The van der Waals surface area contributed by atoms with Crippen molar-refractivity contribution in [3.8, 4) is 17.9 Å². The van der Waals surface area contributed by atoms with E-state index < -0.39 is 5.97 Å². The van der Waals surface area contributed by atoms with Crippen LogP contribution in [0, 0.1) is 22.7 Å². The number of rotatable bonds is 10. The number of aromatic nitrogens is 3. The van der Waals surface area contributed by atoms with Crippen LogP contribution in [-0.2, 0) is 10.2 Å². The van der Waals surface area contributed by atoms with Crippen LogP contribution in [0.4, 0.5) is 34.9 Å². The van der Waals surface area contributed by atoms with Crippen LogP contribution in [0.25, 0.3) is 0 Å². The second-order valence-corrected chi connectivity index (χ2v) is 10.4. The number of hydrogen-bond donors (Lipinski definition) is 3. The number of nitrogens with one attached hydrogen (secondary N) is 3. The molecule has 0 radical (unpaired) electrons. The first-order chi connectivity index (χ1) is 21.7. The van der Waals surface area contributed by atoms with E-state index in [-0.39, 0.29) is 17.3 Å². The molecule has 0 amide bonds. The molecule has 0 atom stereocenters. The molecule has 0 bridgehead atoms. The summed E-state index contributed by atoms with van der Waals surface area (Å²) in [6, 6.07) is 33.4. The van der Waals surface area contributed by atoms with Gasteiger partial charge in [-0.2, -0.15) is 25.5 Å². The highest BCUT2D eigenvalue weighted by Crippen LogP contribution is 2.33. The van der Waals surface area contributed by atoms with Crippen LogP contribution in [0.3, 0.4) is 0 Å². The predicted molar refractivity (Wildman–Crippen MR) is 173 cm³/mol. The molecule has 4 aromatic carbocycles. The number of carbonyl (C=O) groups excluding carboxylic acids is 1. The third-order valence-electron chi connectivity index (χ3n) is 7.00. The molecule has 1 heterocycles. The van der Waals surface area contributed by atoms with Crippen molar-refractivity contribution < 1.29 is 9.53 Å². The quantitative estimate of drug-likeness (QED) is 0.0859. The van der Waals surface area contributed by atoms with Crippen LogP contribution in [0.1, 0.15) is 36.1 Å². The Morgan fingerprint density at radius 3 is 1.38 bits per heavy atom. The fraction of sp³-hybridized carbons (Fsp3) is 0.0857. The highest BCUT2D eigenvalue weighted by molar-refractivity contribution is 5.83. The Bertz CT molecular complexity index is 1830. The molecule has 0 spiro atoms. The summed E-state index contributed by atoms with van der Waals surface area (Å²) in [5.74, 6) is 0.825. The summed E-state index contributed by atoms with van der Waals surface area (Å²) >= 11 is 0. The number of hydrogen-bond acceptors (Lipinski definition) is 10. The smallest absolute Gasteiger partial charge is 0.335 e. The summed E-state index contributed by atoms with van der Waals surface area (Å²) in [6.07, 6.45) is 1.13. The molecule has 45 heavy (non-hydrogen) atoms. The minimum absolute atomic E-state index is 0.285. The molecule has 0 aliphatic heterocycles. The summed E-state index contributed by atoms with van der Waals surface area (Å²) < 4.78 is 5.20. The minimum atomic E-state index is -0.502. The molecular weight excluding hydrogens is 564 g/mol. The Balaban J connectivity index is 1.37. The summed E-state index contributed by atoms with van der Waals surface area (Å²) in [7, 11) is 0. The maximum atomic E-state index is 11.5. The van der Waals surface area contributed by atoms with E-state index in [0.717, 1.165) is 22.9 Å². The molecule has 3 N–H and O–H groups in total. The van der Waals surface area contributed by atoms with Crippen LogP contribution in [0.5, 0.6) is 5.75 Å². The lowest BCUT2D eigenvalue weighted by Gasteiger charge is -2.26. The zero-order valence-corrected chi connectivity index (χ0v) is 24.6. The van der Waals surface area contributed by atoms with Crippen molar-refractivity contribution in [2.75, 3.05) is 16.0 Å². The van der Waals surface area contributed by atoms with Crippen LogP contribution >= 0.6 is 0 Å². The van der Waals surface area contributed by atoms with Gasteiger partial charge in [0.15, 0.2) is 0 Å². The minimum Gasteiger partial charge on any atom is -0.423 e. The summed E-state index contributed by atoms with van der Waals surface area (Å²) in [5, 5.41) is 27.8. The van der Waals surface area contributed by atoms with Crippen LogP contribution in [-0.4, -0.2) is 20.9 Å². The van der Waals surface area contributed by atoms with Gasteiger partial charge in [-0.05, 0) is 83.9 Å². The Labute approximate surface area is 260 Å². The number of nitriles is 2. The molecule has 0 saturated carbocycles. The average Bonchev–Trinajstić information content (AvgIpc) is 3.06. The Hall–Kier alpha value is -6.52. The van der Waals surface area contributed by atoms with Gasteiger partial charge in [-0.1, -0.05) is 44.7 Å². The first-order valence-electron chi connectivity index (χ1n) is 13.9. The highest BCUT2D eigenvalue weighted by atomic mass is 16.5. The monoisotopic (exact) mass is 592 g/mol. The van der Waals surface area contributed by atoms with E-state index in [1.54, 1.807) is 60.7 Å². The third-order valence-corrected chi connectivity index (χ3v) is 7.00. The lowest BCUT2D eigenvalue weighted by Crippen LogP contribution is -2.18. The van der Waals surface area contributed by atoms with E-state index in [9.17, 15) is 4.79 Å². The van der Waals surface area contributed by atoms with E-state index >= 15 is 0 Å². The molecule has 220 valence electrons. The summed E-state index contributed by atoms with van der Waals surface area (Å²) in [4.78, 5) is 25.1. The molecule has 10 nitrogen and oxygen atoms in total. The standard InChI is InChI=1S/C35H28N8O2/c1-4-31(44)45-30-19-11-26(12-20-30)35(2,3)25-9-17-29(18-10-25)40-34-42-32(38-27-13-5-23(21-36)6-14-27)41-33(43-34)39-28-15-7-24(22-37)8-16-28/h4-20H,1H2,2-3H3,(H3,38,39,40,41,42,43). The molecule has 0 unspecified atom stereocenters. The highest BCUT2D eigenvalue weighted by Gasteiger charge is 2.23.